The average Bonchev–Trinajstić information content (AvgIpc) is 2.69. The highest BCUT2D eigenvalue weighted by atomic mass is 16.5. The number of hydrogen-bond donors (Lipinski definition) is 2. The molecule has 0 aromatic heterocycles. The molecule has 6 heteroatoms. The third-order valence-corrected chi connectivity index (χ3v) is 4.01. The van der Waals surface area contributed by atoms with Gasteiger partial charge in [-0.05, 0) is 42.6 Å². The Morgan fingerprint density at radius 3 is 2.19 bits per heavy atom. The van der Waals surface area contributed by atoms with Crippen molar-refractivity contribution in [2.24, 2.45) is 0 Å². The van der Waals surface area contributed by atoms with Gasteiger partial charge in [0.25, 0.3) is 5.91 Å². The molecule has 0 unspecified atom stereocenters. The Labute approximate surface area is 157 Å². The van der Waals surface area contributed by atoms with Gasteiger partial charge in [0.1, 0.15) is 5.75 Å². The van der Waals surface area contributed by atoms with Gasteiger partial charge in [0, 0.05) is 16.8 Å². The van der Waals surface area contributed by atoms with Gasteiger partial charge in [-0.1, -0.05) is 36.4 Å². The monoisotopic (exact) mass is 364 g/mol. The third-order valence-electron chi connectivity index (χ3n) is 4.01. The fourth-order valence-corrected chi connectivity index (χ4v) is 2.59. The van der Waals surface area contributed by atoms with E-state index in [0.717, 1.165) is 10.8 Å². The molecule has 0 saturated carbocycles. The maximum absolute atomic E-state index is 12.4. The van der Waals surface area contributed by atoms with Crippen LogP contribution in [0, 0.1) is 0 Å². The molecule has 2 amide bonds. The molecule has 0 spiro atoms. The van der Waals surface area contributed by atoms with Crippen LogP contribution in [0.2, 0.25) is 0 Å². The molecule has 0 aliphatic carbocycles. The summed E-state index contributed by atoms with van der Waals surface area (Å²) in [5.41, 5.74) is 1.17. The van der Waals surface area contributed by atoms with Crippen molar-refractivity contribution < 1.29 is 19.1 Å². The second-order valence-electron chi connectivity index (χ2n) is 5.92. The van der Waals surface area contributed by atoms with Crippen LogP contribution in [0.25, 0.3) is 10.8 Å². The highest BCUT2D eigenvalue weighted by Gasteiger charge is 2.16. The van der Waals surface area contributed by atoms with E-state index in [9.17, 15) is 9.59 Å². The van der Waals surface area contributed by atoms with Crippen molar-refractivity contribution in [2.75, 3.05) is 17.7 Å². The molecule has 1 atom stereocenters. The molecule has 0 heterocycles. The van der Waals surface area contributed by atoms with Crippen LogP contribution in [-0.2, 0) is 9.53 Å². The molecule has 0 bridgehead atoms. The first-order valence-electron chi connectivity index (χ1n) is 8.47. The van der Waals surface area contributed by atoms with Crippen molar-refractivity contribution in [3.63, 3.8) is 0 Å². The van der Waals surface area contributed by atoms with E-state index in [2.05, 4.69) is 15.4 Å². The van der Waals surface area contributed by atoms with Gasteiger partial charge in [0.15, 0.2) is 6.10 Å². The predicted octanol–water partition coefficient (Wildman–Crippen LogP) is 4.42. The fourth-order valence-electron chi connectivity index (χ4n) is 2.59. The number of fused-ring (bicyclic) bond motifs is 1. The van der Waals surface area contributed by atoms with Gasteiger partial charge in [-0.15, -0.1) is 0 Å². The Morgan fingerprint density at radius 2 is 1.48 bits per heavy atom. The van der Waals surface area contributed by atoms with Crippen LogP contribution in [-0.4, -0.2) is 25.2 Å². The van der Waals surface area contributed by atoms with E-state index in [1.807, 2.05) is 42.5 Å². The summed E-state index contributed by atoms with van der Waals surface area (Å²) in [7, 11) is 1.29. The molecule has 6 nitrogen and oxygen atoms in total. The molecule has 0 aliphatic rings. The van der Waals surface area contributed by atoms with Crippen LogP contribution in [0.4, 0.5) is 16.2 Å². The van der Waals surface area contributed by atoms with Crippen LogP contribution >= 0.6 is 0 Å². The van der Waals surface area contributed by atoms with E-state index in [1.165, 1.54) is 7.11 Å². The average molecular weight is 364 g/mol. The number of anilines is 2. The highest BCUT2D eigenvalue weighted by molar-refractivity contribution is 5.95. The molecule has 3 aromatic carbocycles. The standard InChI is InChI=1S/C21H20N2O4/c1-14(27-19-9-5-7-15-6-3-4-8-18(15)19)20(24)22-16-10-12-17(13-11-16)23-21(25)26-2/h3-14H,1-2H3,(H,22,24)(H,23,25)/t14-/m0/s1. The normalized spacial score (nSPS) is 11.5. The molecule has 3 aromatic rings. The lowest BCUT2D eigenvalue weighted by atomic mass is 10.1. The van der Waals surface area contributed by atoms with E-state index in [0.29, 0.717) is 17.1 Å². The molecule has 0 aliphatic heterocycles. The van der Waals surface area contributed by atoms with Crippen molar-refractivity contribution in [3.05, 3.63) is 66.7 Å². The van der Waals surface area contributed by atoms with Crippen LogP contribution in [0.5, 0.6) is 5.75 Å². The predicted molar refractivity (Wildman–Crippen MR) is 105 cm³/mol. The lowest BCUT2D eigenvalue weighted by Crippen LogP contribution is -2.30. The van der Waals surface area contributed by atoms with Crippen LogP contribution in [0.15, 0.2) is 66.7 Å². The number of rotatable bonds is 5. The minimum Gasteiger partial charge on any atom is -0.480 e. The second-order valence-corrected chi connectivity index (χ2v) is 5.92. The van der Waals surface area contributed by atoms with E-state index in [1.54, 1.807) is 31.2 Å². The van der Waals surface area contributed by atoms with E-state index in [4.69, 9.17) is 4.74 Å². The Balaban J connectivity index is 1.64. The van der Waals surface area contributed by atoms with E-state index in [-0.39, 0.29) is 5.91 Å². The number of hydrogen-bond acceptors (Lipinski definition) is 4. The molecule has 0 fully saturated rings. The number of carbonyl (C=O) groups excluding carboxylic acids is 2. The van der Waals surface area contributed by atoms with E-state index >= 15 is 0 Å². The van der Waals surface area contributed by atoms with Gasteiger partial charge in [-0.2, -0.15) is 0 Å². The Kier molecular flexibility index (Phi) is 5.56. The SMILES string of the molecule is COC(=O)Nc1ccc(NC(=O)[C@H](C)Oc2cccc3ccccc23)cc1. The third kappa shape index (κ3) is 4.55. The fraction of sp³-hybridized carbons (Fsp3) is 0.143. The Hall–Kier alpha value is -3.54. The second kappa shape index (κ2) is 8.23. The number of ether oxygens (including phenoxy) is 2. The van der Waals surface area contributed by atoms with Crippen molar-refractivity contribution in [1.29, 1.82) is 0 Å². The number of methoxy groups -OCH3 is 1. The largest absolute Gasteiger partial charge is 0.480 e. The zero-order valence-corrected chi connectivity index (χ0v) is 15.1. The zero-order chi connectivity index (χ0) is 19.2. The van der Waals surface area contributed by atoms with Gasteiger partial charge in [0.2, 0.25) is 0 Å². The van der Waals surface area contributed by atoms with Gasteiger partial charge in [-0.3, -0.25) is 10.1 Å². The number of nitrogens with one attached hydrogen (secondary N) is 2. The van der Waals surface area contributed by atoms with Crippen molar-refractivity contribution in [1.82, 2.24) is 0 Å². The van der Waals surface area contributed by atoms with E-state index < -0.39 is 12.2 Å². The number of amides is 2. The van der Waals surface area contributed by atoms with Crippen molar-refractivity contribution >= 4 is 34.1 Å². The van der Waals surface area contributed by atoms with Crippen LogP contribution in [0.1, 0.15) is 6.92 Å². The smallest absolute Gasteiger partial charge is 0.411 e. The highest BCUT2D eigenvalue weighted by Crippen LogP contribution is 2.26. The van der Waals surface area contributed by atoms with Gasteiger partial charge < -0.3 is 14.8 Å². The zero-order valence-electron chi connectivity index (χ0n) is 15.1. The molecule has 27 heavy (non-hydrogen) atoms. The molecular formula is C21H20N2O4. The summed E-state index contributed by atoms with van der Waals surface area (Å²) >= 11 is 0. The quantitative estimate of drug-likeness (QED) is 0.702. The minimum atomic E-state index is -0.677. The van der Waals surface area contributed by atoms with Gasteiger partial charge in [-0.25, -0.2) is 4.79 Å². The Bertz CT molecular complexity index is 949. The first-order valence-corrected chi connectivity index (χ1v) is 8.47. The summed E-state index contributed by atoms with van der Waals surface area (Å²) in [5, 5.41) is 7.35. The lowest BCUT2D eigenvalue weighted by Gasteiger charge is -2.16. The topological polar surface area (TPSA) is 76.7 Å². The van der Waals surface area contributed by atoms with Gasteiger partial charge in [0.05, 0.1) is 7.11 Å². The molecule has 138 valence electrons. The number of benzene rings is 3. The molecule has 2 N–H and O–H groups in total. The minimum absolute atomic E-state index is 0.267. The molecular weight excluding hydrogens is 344 g/mol. The maximum Gasteiger partial charge on any atom is 0.411 e. The molecule has 3 rings (SSSR count). The van der Waals surface area contributed by atoms with Gasteiger partial charge >= 0.3 is 6.09 Å². The summed E-state index contributed by atoms with van der Waals surface area (Å²) in [6.45, 7) is 1.70. The summed E-state index contributed by atoms with van der Waals surface area (Å²) in [4.78, 5) is 23.6. The Morgan fingerprint density at radius 1 is 0.852 bits per heavy atom. The van der Waals surface area contributed by atoms with Crippen LogP contribution < -0.4 is 15.4 Å². The van der Waals surface area contributed by atoms with Crippen molar-refractivity contribution in [2.45, 2.75) is 13.0 Å². The molecule has 0 saturated heterocycles. The van der Waals surface area contributed by atoms with Crippen molar-refractivity contribution in [3.8, 4) is 5.75 Å². The summed E-state index contributed by atoms with van der Waals surface area (Å²) in [6, 6.07) is 20.3. The summed E-state index contributed by atoms with van der Waals surface area (Å²) in [5.74, 6) is 0.394. The first-order chi connectivity index (χ1) is 13.1. The maximum atomic E-state index is 12.4. The summed E-state index contributed by atoms with van der Waals surface area (Å²) in [6.07, 6.45) is -1.23. The first kappa shape index (κ1) is 18.3. The van der Waals surface area contributed by atoms with Crippen LogP contribution in [0.3, 0.4) is 0 Å². The number of carbonyl (C=O) groups is 2. The summed E-state index contributed by atoms with van der Waals surface area (Å²) < 4.78 is 10.4. The molecule has 0 radical (unpaired) electrons. The lowest BCUT2D eigenvalue weighted by molar-refractivity contribution is -0.122.